The van der Waals surface area contributed by atoms with E-state index in [1.165, 1.54) is 12.1 Å². The highest BCUT2D eigenvalue weighted by molar-refractivity contribution is 5.76. The molecule has 1 aromatic carbocycles. The van der Waals surface area contributed by atoms with Gasteiger partial charge in [-0.2, -0.15) is 4.98 Å². The molecule has 1 fully saturated rings. The largest absolute Gasteiger partial charge is 0.461 e. The highest BCUT2D eigenvalue weighted by atomic mass is 19.1. The molecule has 0 radical (unpaired) electrons. The molecule has 0 amide bonds. The summed E-state index contributed by atoms with van der Waals surface area (Å²) in [6.07, 6.45) is 0.935. The van der Waals surface area contributed by atoms with Crippen molar-refractivity contribution < 1.29 is 23.7 Å². The van der Waals surface area contributed by atoms with Gasteiger partial charge in [0, 0.05) is 17.7 Å². The van der Waals surface area contributed by atoms with Crippen LogP contribution >= 0.6 is 0 Å². The Morgan fingerprint density at radius 3 is 2.66 bits per heavy atom. The number of hydrogen-bond donors (Lipinski definition) is 2. The molecule has 1 aliphatic rings. The van der Waals surface area contributed by atoms with Gasteiger partial charge in [0.25, 0.3) is 0 Å². The molecule has 9 heteroatoms. The molecule has 0 aliphatic carbocycles. The van der Waals surface area contributed by atoms with Gasteiger partial charge in [0.2, 0.25) is 6.29 Å². The zero-order chi connectivity index (χ0) is 20.2. The fourth-order valence-electron chi connectivity index (χ4n) is 2.95. The molecular formula is C20H21FN4O4. The van der Waals surface area contributed by atoms with Crippen molar-refractivity contribution in [2.24, 2.45) is 5.92 Å². The second-order valence-corrected chi connectivity index (χ2v) is 6.75. The second kappa shape index (κ2) is 8.64. The molecule has 8 nitrogen and oxygen atoms in total. The van der Waals surface area contributed by atoms with Crippen LogP contribution in [0.4, 0.5) is 4.39 Å². The number of aliphatic hydroxyl groups is 1. The summed E-state index contributed by atoms with van der Waals surface area (Å²) in [6, 6.07) is 7.89. The van der Waals surface area contributed by atoms with E-state index in [1.54, 1.807) is 24.4 Å². The third kappa shape index (κ3) is 4.42. The van der Waals surface area contributed by atoms with E-state index in [2.05, 4.69) is 19.9 Å². The highest BCUT2D eigenvalue weighted by Gasteiger charge is 2.26. The van der Waals surface area contributed by atoms with Gasteiger partial charge in [-0.25, -0.2) is 14.4 Å². The monoisotopic (exact) mass is 400 g/mol. The lowest BCUT2D eigenvalue weighted by molar-refractivity contribution is -0.205. The lowest BCUT2D eigenvalue weighted by atomic mass is 10.1. The first-order valence-corrected chi connectivity index (χ1v) is 9.30. The lowest BCUT2D eigenvalue weighted by Crippen LogP contribution is -2.25. The number of H-pyrrole nitrogens is 1. The Morgan fingerprint density at radius 1 is 1.17 bits per heavy atom. The summed E-state index contributed by atoms with van der Waals surface area (Å²) >= 11 is 0. The van der Waals surface area contributed by atoms with E-state index in [0.29, 0.717) is 47.6 Å². The van der Waals surface area contributed by atoms with Gasteiger partial charge in [-0.05, 0) is 30.3 Å². The van der Waals surface area contributed by atoms with Crippen molar-refractivity contribution in [1.82, 2.24) is 19.9 Å². The molecule has 3 aromatic rings. The number of aromatic nitrogens is 4. The molecule has 1 saturated heterocycles. The van der Waals surface area contributed by atoms with Crippen molar-refractivity contribution in [2.45, 2.75) is 13.2 Å². The van der Waals surface area contributed by atoms with E-state index >= 15 is 0 Å². The van der Waals surface area contributed by atoms with Crippen LogP contribution in [0.2, 0.25) is 0 Å². The smallest absolute Gasteiger partial charge is 0.317 e. The lowest BCUT2D eigenvalue weighted by Gasteiger charge is -2.25. The Morgan fingerprint density at radius 2 is 1.93 bits per heavy atom. The Balaban J connectivity index is 1.74. The summed E-state index contributed by atoms with van der Waals surface area (Å²) in [5, 5.41) is 8.94. The normalized spacial score (nSPS) is 19.3. The molecular weight excluding hydrogens is 379 g/mol. The summed E-state index contributed by atoms with van der Waals surface area (Å²) in [4.78, 5) is 16.3. The maximum Gasteiger partial charge on any atom is 0.317 e. The van der Waals surface area contributed by atoms with E-state index in [1.807, 2.05) is 6.92 Å². The number of aliphatic hydroxyl groups excluding tert-OH is 1. The third-order valence-corrected chi connectivity index (χ3v) is 4.34. The van der Waals surface area contributed by atoms with E-state index in [0.717, 1.165) is 0 Å². The minimum Gasteiger partial charge on any atom is -0.461 e. The number of nitrogens with one attached hydrogen (secondary N) is 1. The van der Waals surface area contributed by atoms with Crippen LogP contribution in [0, 0.1) is 11.7 Å². The number of aromatic amines is 1. The molecule has 0 unspecified atom stereocenters. The van der Waals surface area contributed by atoms with Gasteiger partial charge in [-0.3, -0.25) is 0 Å². The predicted octanol–water partition coefficient (Wildman–Crippen LogP) is 2.73. The molecule has 29 heavy (non-hydrogen) atoms. The fraction of sp³-hybridized carbons (Fsp3) is 0.350. The van der Waals surface area contributed by atoms with Crippen molar-refractivity contribution in [2.75, 3.05) is 26.4 Å². The Kier molecular flexibility index (Phi) is 5.79. The van der Waals surface area contributed by atoms with Crippen LogP contribution in [-0.2, 0) is 9.47 Å². The van der Waals surface area contributed by atoms with Crippen molar-refractivity contribution in [1.29, 1.82) is 0 Å². The Labute approximate surface area is 166 Å². The van der Waals surface area contributed by atoms with Gasteiger partial charge in [0.05, 0.1) is 36.9 Å². The molecule has 152 valence electrons. The number of nitrogens with zero attached hydrogens (tertiary/aromatic N) is 3. The maximum atomic E-state index is 13.4. The van der Waals surface area contributed by atoms with Gasteiger partial charge in [-0.1, -0.05) is 6.92 Å². The summed E-state index contributed by atoms with van der Waals surface area (Å²) in [7, 11) is 0. The quantitative estimate of drug-likeness (QED) is 0.656. The Bertz CT molecular complexity index is 955. The first-order valence-electron chi connectivity index (χ1n) is 9.30. The zero-order valence-electron chi connectivity index (χ0n) is 15.8. The molecule has 1 aliphatic heterocycles. The summed E-state index contributed by atoms with van der Waals surface area (Å²) in [5.74, 6) is 0.480. The molecule has 0 atom stereocenters. The van der Waals surface area contributed by atoms with Crippen LogP contribution in [0.1, 0.15) is 19.0 Å². The molecule has 0 saturated carbocycles. The van der Waals surface area contributed by atoms with Crippen LogP contribution in [0.3, 0.4) is 0 Å². The number of rotatable bonds is 6. The third-order valence-electron chi connectivity index (χ3n) is 4.34. The van der Waals surface area contributed by atoms with Crippen molar-refractivity contribution in [3.8, 4) is 28.7 Å². The summed E-state index contributed by atoms with van der Waals surface area (Å²) in [5.41, 5.74) is 2.44. The maximum absolute atomic E-state index is 13.4. The number of ether oxygens (including phenoxy) is 3. The molecule has 2 N–H and O–H groups in total. The molecule has 3 heterocycles. The predicted molar refractivity (Wildman–Crippen MR) is 101 cm³/mol. The number of hydrogen-bond acceptors (Lipinski definition) is 7. The zero-order valence-corrected chi connectivity index (χ0v) is 15.8. The highest BCUT2D eigenvalue weighted by Crippen LogP contribution is 2.33. The average Bonchev–Trinajstić information content (AvgIpc) is 3.19. The first-order chi connectivity index (χ1) is 14.1. The number of benzene rings is 1. The van der Waals surface area contributed by atoms with Crippen LogP contribution in [0.15, 0.2) is 36.5 Å². The van der Waals surface area contributed by atoms with Gasteiger partial charge < -0.3 is 24.3 Å². The van der Waals surface area contributed by atoms with Crippen LogP contribution in [0.25, 0.3) is 22.6 Å². The van der Waals surface area contributed by atoms with E-state index in [-0.39, 0.29) is 25.0 Å². The SMILES string of the molecule is CC1COC(c2nc(-c3ccc(F)cc3)c(-c3ccnc(OCCO)n3)[nH]2)OC1. The van der Waals surface area contributed by atoms with E-state index < -0.39 is 6.29 Å². The van der Waals surface area contributed by atoms with Crippen LogP contribution in [-0.4, -0.2) is 51.5 Å². The van der Waals surface area contributed by atoms with Crippen molar-refractivity contribution in [3.63, 3.8) is 0 Å². The van der Waals surface area contributed by atoms with E-state index in [9.17, 15) is 4.39 Å². The van der Waals surface area contributed by atoms with Crippen molar-refractivity contribution in [3.05, 3.63) is 48.2 Å². The van der Waals surface area contributed by atoms with Crippen LogP contribution < -0.4 is 4.74 Å². The van der Waals surface area contributed by atoms with Crippen LogP contribution in [0.5, 0.6) is 6.01 Å². The summed E-state index contributed by atoms with van der Waals surface area (Å²) in [6.45, 7) is 3.13. The van der Waals surface area contributed by atoms with E-state index in [4.69, 9.17) is 19.3 Å². The molecule has 0 bridgehead atoms. The number of halogens is 1. The topological polar surface area (TPSA) is 102 Å². The van der Waals surface area contributed by atoms with Crippen molar-refractivity contribution >= 4 is 0 Å². The summed E-state index contributed by atoms with van der Waals surface area (Å²) < 4.78 is 30.2. The molecule has 2 aromatic heterocycles. The van der Waals surface area contributed by atoms with Gasteiger partial charge in [-0.15, -0.1) is 0 Å². The Hall–Kier alpha value is -2.88. The standard InChI is InChI=1S/C20H21FN4O4/c1-12-10-28-19(29-11-12)18-24-16(13-2-4-14(21)5-3-13)17(25-18)15-6-7-22-20(23-15)27-9-8-26/h2-7,12,19,26H,8-11H2,1H3,(H,24,25). The van der Waals surface area contributed by atoms with Gasteiger partial charge in [0.1, 0.15) is 12.4 Å². The van der Waals surface area contributed by atoms with Gasteiger partial charge in [0.15, 0.2) is 5.82 Å². The fourth-order valence-corrected chi connectivity index (χ4v) is 2.95. The molecule has 4 rings (SSSR count). The number of imidazole rings is 1. The first kappa shape index (κ1) is 19.4. The average molecular weight is 400 g/mol. The molecule has 0 spiro atoms. The van der Waals surface area contributed by atoms with Gasteiger partial charge >= 0.3 is 6.01 Å². The second-order valence-electron chi connectivity index (χ2n) is 6.75. The minimum absolute atomic E-state index is 0.0877. The minimum atomic E-state index is -0.619.